The molecule has 1 N–H and O–H groups in total. The van der Waals surface area contributed by atoms with Gasteiger partial charge in [-0.05, 0) is 24.5 Å². The number of aryl methyl sites for hydroxylation is 1. The van der Waals surface area contributed by atoms with Crippen molar-refractivity contribution in [1.82, 2.24) is 14.5 Å². The molecule has 7 nitrogen and oxygen atoms in total. The molecule has 1 unspecified atom stereocenters. The zero-order chi connectivity index (χ0) is 17.9. The van der Waals surface area contributed by atoms with Gasteiger partial charge in [-0.2, -0.15) is 9.82 Å². The lowest BCUT2D eigenvalue weighted by Gasteiger charge is -2.31. The van der Waals surface area contributed by atoms with E-state index in [0.717, 1.165) is 11.0 Å². The zero-order valence-corrected chi connectivity index (χ0v) is 14.7. The first-order chi connectivity index (χ1) is 12.0. The molecule has 0 aliphatic carbocycles. The van der Waals surface area contributed by atoms with Crippen molar-refractivity contribution in [1.29, 1.82) is 0 Å². The van der Waals surface area contributed by atoms with Crippen LogP contribution in [0.5, 0.6) is 0 Å². The third-order valence-corrected chi connectivity index (χ3v) is 5.16. The molecule has 3 rings (SSSR count). The highest BCUT2D eigenvalue weighted by molar-refractivity contribution is 7.92. The summed E-state index contributed by atoms with van der Waals surface area (Å²) in [5.41, 5.74) is 0.777. The fourth-order valence-corrected chi connectivity index (χ4v) is 3.84. The molecule has 1 atom stereocenters. The molecule has 132 valence electrons. The first-order valence-corrected chi connectivity index (χ1v) is 9.56. The smallest absolute Gasteiger partial charge is 0.246 e. The molecule has 1 fully saturated rings. The number of hydrogen-bond donors (Lipinski definition) is 1. The number of carbonyl (C=O) groups is 1. The number of nitrogens with one attached hydrogen (secondary N) is 1. The van der Waals surface area contributed by atoms with E-state index in [1.807, 2.05) is 30.3 Å². The largest absolute Gasteiger partial charge is 0.296 e. The molecule has 25 heavy (non-hydrogen) atoms. The standard InChI is InChI=1S/C17H20N4O3S/c1-20-16(9-11-18-20)21-12-5-8-15(17(21)22)19-25(23,24)13-10-14-6-3-2-4-7-14/h2-4,6-7,9-11,13,15,19H,5,8,12H2,1H3/b13-10+. The molecule has 8 heteroatoms. The molecule has 0 radical (unpaired) electrons. The third kappa shape index (κ3) is 4.15. The molecule has 0 bridgehead atoms. The van der Waals surface area contributed by atoms with E-state index in [1.54, 1.807) is 28.9 Å². The average Bonchev–Trinajstić information content (AvgIpc) is 3.02. The van der Waals surface area contributed by atoms with Crippen molar-refractivity contribution in [3.8, 4) is 0 Å². The van der Waals surface area contributed by atoms with Gasteiger partial charge in [-0.1, -0.05) is 30.3 Å². The molecular weight excluding hydrogens is 340 g/mol. The number of rotatable bonds is 5. The Morgan fingerprint density at radius 1 is 1.24 bits per heavy atom. The topological polar surface area (TPSA) is 84.3 Å². The molecule has 0 spiro atoms. The number of sulfonamides is 1. The first-order valence-electron chi connectivity index (χ1n) is 8.01. The number of piperidine rings is 1. The second-order valence-corrected chi connectivity index (χ2v) is 7.47. The predicted octanol–water partition coefficient (Wildman–Crippen LogP) is 1.51. The van der Waals surface area contributed by atoms with Crippen molar-refractivity contribution in [2.24, 2.45) is 7.05 Å². The molecule has 1 aliphatic heterocycles. The van der Waals surface area contributed by atoms with Crippen LogP contribution in [0.25, 0.3) is 6.08 Å². The summed E-state index contributed by atoms with van der Waals surface area (Å²) in [5, 5.41) is 5.16. The summed E-state index contributed by atoms with van der Waals surface area (Å²) >= 11 is 0. The highest BCUT2D eigenvalue weighted by atomic mass is 32.2. The molecule has 2 aromatic rings. The summed E-state index contributed by atoms with van der Waals surface area (Å²) in [6.45, 7) is 0.552. The Balaban J connectivity index is 1.72. The molecule has 1 aromatic heterocycles. The summed E-state index contributed by atoms with van der Waals surface area (Å²) in [6, 6.07) is 10.1. The summed E-state index contributed by atoms with van der Waals surface area (Å²) < 4.78 is 28.7. The summed E-state index contributed by atoms with van der Waals surface area (Å²) in [4.78, 5) is 14.2. The summed E-state index contributed by atoms with van der Waals surface area (Å²) in [6.07, 6.45) is 4.31. The van der Waals surface area contributed by atoms with Crippen molar-refractivity contribution in [2.45, 2.75) is 18.9 Å². The van der Waals surface area contributed by atoms with Crippen LogP contribution in [0.4, 0.5) is 5.82 Å². The number of anilines is 1. The SMILES string of the molecule is Cn1nccc1N1CCCC(NS(=O)(=O)/C=C/c2ccccc2)C1=O. The molecule has 1 saturated heterocycles. The second kappa shape index (κ2) is 7.20. The number of carbonyl (C=O) groups excluding carboxylic acids is 1. The van der Waals surface area contributed by atoms with Gasteiger partial charge in [0.2, 0.25) is 15.9 Å². The van der Waals surface area contributed by atoms with Crippen LogP contribution in [0.1, 0.15) is 18.4 Å². The average molecular weight is 360 g/mol. The van der Waals surface area contributed by atoms with Gasteiger partial charge in [0, 0.05) is 25.1 Å². The van der Waals surface area contributed by atoms with E-state index in [4.69, 9.17) is 0 Å². The highest BCUT2D eigenvalue weighted by Gasteiger charge is 2.33. The van der Waals surface area contributed by atoms with Crippen LogP contribution in [0.2, 0.25) is 0 Å². The van der Waals surface area contributed by atoms with E-state index >= 15 is 0 Å². The lowest BCUT2D eigenvalue weighted by atomic mass is 10.1. The van der Waals surface area contributed by atoms with Gasteiger partial charge >= 0.3 is 0 Å². The molecule has 0 saturated carbocycles. The number of benzene rings is 1. The van der Waals surface area contributed by atoms with Gasteiger partial charge in [0.15, 0.2) is 0 Å². The maximum Gasteiger partial charge on any atom is 0.246 e. The molecule has 1 amide bonds. The quantitative estimate of drug-likeness (QED) is 0.876. The Kier molecular flexibility index (Phi) is 5.00. The Morgan fingerprint density at radius 3 is 2.68 bits per heavy atom. The van der Waals surface area contributed by atoms with E-state index < -0.39 is 16.1 Å². The van der Waals surface area contributed by atoms with Crippen molar-refractivity contribution >= 4 is 27.8 Å². The Labute approximate surface area is 147 Å². The van der Waals surface area contributed by atoms with E-state index in [2.05, 4.69) is 9.82 Å². The van der Waals surface area contributed by atoms with Gasteiger partial charge in [0.25, 0.3) is 0 Å². The second-order valence-electron chi connectivity index (χ2n) is 5.87. The van der Waals surface area contributed by atoms with Crippen molar-refractivity contribution in [3.63, 3.8) is 0 Å². The predicted molar refractivity (Wildman–Crippen MR) is 96.1 cm³/mol. The Morgan fingerprint density at radius 2 is 2.00 bits per heavy atom. The van der Waals surface area contributed by atoms with Gasteiger partial charge in [-0.3, -0.25) is 14.4 Å². The van der Waals surface area contributed by atoms with E-state index in [-0.39, 0.29) is 5.91 Å². The Bertz CT molecular complexity index is 874. The van der Waals surface area contributed by atoms with E-state index in [0.29, 0.717) is 25.2 Å². The molecule has 1 aromatic carbocycles. The van der Waals surface area contributed by atoms with Crippen molar-refractivity contribution in [2.75, 3.05) is 11.4 Å². The summed E-state index contributed by atoms with van der Waals surface area (Å²) in [7, 11) is -1.97. The number of hydrogen-bond acceptors (Lipinski definition) is 4. The normalized spacial score (nSPS) is 18.8. The van der Waals surface area contributed by atoms with Crippen LogP contribution in [-0.4, -0.2) is 36.7 Å². The van der Waals surface area contributed by atoms with Crippen LogP contribution >= 0.6 is 0 Å². The Hall–Kier alpha value is -2.45. The van der Waals surface area contributed by atoms with Gasteiger partial charge in [0.05, 0.1) is 6.20 Å². The minimum absolute atomic E-state index is 0.258. The van der Waals surface area contributed by atoms with Gasteiger partial charge in [-0.25, -0.2) is 8.42 Å². The third-order valence-electron chi connectivity index (χ3n) is 4.06. The number of amides is 1. The molecule has 1 aliphatic rings. The first kappa shape index (κ1) is 17.4. The zero-order valence-electron chi connectivity index (χ0n) is 13.9. The van der Waals surface area contributed by atoms with Gasteiger partial charge in [0.1, 0.15) is 11.9 Å². The van der Waals surface area contributed by atoms with E-state index in [9.17, 15) is 13.2 Å². The monoisotopic (exact) mass is 360 g/mol. The van der Waals surface area contributed by atoms with Crippen molar-refractivity contribution in [3.05, 3.63) is 53.6 Å². The van der Waals surface area contributed by atoms with Crippen LogP contribution in [-0.2, 0) is 21.9 Å². The minimum atomic E-state index is -3.72. The highest BCUT2D eigenvalue weighted by Crippen LogP contribution is 2.20. The van der Waals surface area contributed by atoms with Crippen LogP contribution in [0, 0.1) is 0 Å². The molecular formula is C17H20N4O3S. The van der Waals surface area contributed by atoms with Crippen LogP contribution in [0.15, 0.2) is 48.0 Å². The fourth-order valence-electron chi connectivity index (χ4n) is 2.81. The maximum atomic E-state index is 12.7. The lowest BCUT2D eigenvalue weighted by molar-refractivity contribution is -0.121. The van der Waals surface area contributed by atoms with Gasteiger partial charge < -0.3 is 0 Å². The van der Waals surface area contributed by atoms with Crippen LogP contribution in [0.3, 0.4) is 0 Å². The number of nitrogens with zero attached hydrogens (tertiary/aromatic N) is 3. The molecule has 2 heterocycles. The minimum Gasteiger partial charge on any atom is -0.296 e. The lowest BCUT2D eigenvalue weighted by Crippen LogP contribution is -2.52. The van der Waals surface area contributed by atoms with Crippen LogP contribution < -0.4 is 9.62 Å². The van der Waals surface area contributed by atoms with Gasteiger partial charge in [-0.15, -0.1) is 0 Å². The maximum absolute atomic E-state index is 12.7. The van der Waals surface area contributed by atoms with E-state index in [1.165, 1.54) is 6.08 Å². The summed E-state index contributed by atoms with van der Waals surface area (Å²) in [5.74, 6) is 0.403. The fraction of sp³-hybridized carbons (Fsp3) is 0.294. The van der Waals surface area contributed by atoms with Crippen molar-refractivity contribution < 1.29 is 13.2 Å². The number of aromatic nitrogens is 2.